The zero-order chi connectivity index (χ0) is 14.6. The predicted octanol–water partition coefficient (Wildman–Crippen LogP) is 0.226. The molecule has 1 aliphatic heterocycles. The maximum absolute atomic E-state index is 6.14. The SMILES string of the molecule is CC[N+](C)(CC)CC1(COc2ccccc2Cl)COC1.[Br-]. The van der Waals surface area contributed by atoms with E-state index in [1.165, 1.54) is 0 Å². The van der Waals surface area contributed by atoms with E-state index in [4.69, 9.17) is 21.1 Å². The summed E-state index contributed by atoms with van der Waals surface area (Å²) in [6.07, 6.45) is 0. The number of halogens is 2. The van der Waals surface area contributed by atoms with Gasteiger partial charge < -0.3 is 30.9 Å². The molecule has 0 bridgehead atoms. The summed E-state index contributed by atoms with van der Waals surface area (Å²) < 4.78 is 12.5. The van der Waals surface area contributed by atoms with E-state index in [1.54, 1.807) is 0 Å². The molecule has 0 atom stereocenters. The Labute approximate surface area is 143 Å². The van der Waals surface area contributed by atoms with Crippen molar-refractivity contribution in [1.82, 2.24) is 0 Å². The van der Waals surface area contributed by atoms with Gasteiger partial charge in [-0.2, -0.15) is 0 Å². The number of para-hydroxylation sites is 1. The van der Waals surface area contributed by atoms with Gasteiger partial charge in [0.25, 0.3) is 0 Å². The van der Waals surface area contributed by atoms with Gasteiger partial charge >= 0.3 is 0 Å². The van der Waals surface area contributed by atoms with E-state index in [1.807, 2.05) is 24.3 Å². The van der Waals surface area contributed by atoms with Crippen LogP contribution in [0.25, 0.3) is 0 Å². The third kappa shape index (κ3) is 4.59. The molecule has 0 saturated carbocycles. The van der Waals surface area contributed by atoms with Gasteiger partial charge in [-0.3, -0.25) is 0 Å². The largest absolute Gasteiger partial charge is 1.00 e. The predicted molar refractivity (Wildman–Crippen MR) is 82.3 cm³/mol. The minimum absolute atomic E-state index is 0. The van der Waals surface area contributed by atoms with Gasteiger partial charge in [0, 0.05) is 0 Å². The van der Waals surface area contributed by atoms with Gasteiger partial charge in [0.05, 0.1) is 50.3 Å². The summed E-state index contributed by atoms with van der Waals surface area (Å²) in [5.74, 6) is 0.766. The lowest BCUT2D eigenvalue weighted by Gasteiger charge is -2.46. The Bertz CT molecular complexity index is 448. The van der Waals surface area contributed by atoms with Crippen LogP contribution in [0.2, 0.25) is 5.02 Å². The van der Waals surface area contributed by atoms with Gasteiger partial charge in [-0.1, -0.05) is 23.7 Å². The van der Waals surface area contributed by atoms with Crippen LogP contribution < -0.4 is 21.7 Å². The van der Waals surface area contributed by atoms with E-state index in [0.29, 0.717) is 11.6 Å². The van der Waals surface area contributed by atoms with Gasteiger partial charge in [0.15, 0.2) is 0 Å². The summed E-state index contributed by atoms with van der Waals surface area (Å²) in [6.45, 7) is 10.1. The van der Waals surface area contributed by atoms with E-state index in [0.717, 1.165) is 43.1 Å². The number of rotatable bonds is 7. The zero-order valence-electron chi connectivity index (χ0n) is 13.1. The Morgan fingerprint density at radius 3 is 2.33 bits per heavy atom. The molecule has 5 heteroatoms. The Kier molecular flexibility index (Phi) is 6.98. The highest BCUT2D eigenvalue weighted by atomic mass is 79.9. The summed E-state index contributed by atoms with van der Waals surface area (Å²) in [5.41, 5.74) is 0.125. The Morgan fingerprint density at radius 1 is 1.24 bits per heavy atom. The van der Waals surface area contributed by atoms with Gasteiger partial charge in [-0.25, -0.2) is 0 Å². The third-order valence-corrected chi connectivity index (χ3v) is 4.74. The second-order valence-corrected chi connectivity index (χ2v) is 6.53. The number of quaternary nitrogens is 1. The Balaban J connectivity index is 0.00000220. The van der Waals surface area contributed by atoms with Crippen LogP contribution in [0.3, 0.4) is 0 Å². The minimum atomic E-state index is 0. The highest BCUT2D eigenvalue weighted by Gasteiger charge is 2.45. The van der Waals surface area contributed by atoms with Crippen molar-refractivity contribution >= 4 is 11.6 Å². The van der Waals surface area contributed by atoms with E-state index < -0.39 is 0 Å². The highest BCUT2D eigenvalue weighted by molar-refractivity contribution is 6.32. The van der Waals surface area contributed by atoms with E-state index >= 15 is 0 Å². The second-order valence-electron chi connectivity index (χ2n) is 6.12. The molecular weight excluding hydrogens is 354 g/mol. The van der Waals surface area contributed by atoms with Crippen molar-refractivity contribution in [2.75, 3.05) is 46.5 Å². The van der Waals surface area contributed by atoms with E-state index in [2.05, 4.69) is 20.9 Å². The highest BCUT2D eigenvalue weighted by Crippen LogP contribution is 2.33. The average Bonchev–Trinajstić information content (AvgIpc) is 2.43. The molecule has 2 rings (SSSR count). The van der Waals surface area contributed by atoms with Gasteiger partial charge in [-0.15, -0.1) is 0 Å². The first-order valence-corrected chi connectivity index (χ1v) is 7.69. The molecule has 1 aromatic rings. The number of hydrogen-bond donors (Lipinski definition) is 0. The molecule has 21 heavy (non-hydrogen) atoms. The molecule has 1 aliphatic rings. The summed E-state index contributed by atoms with van der Waals surface area (Å²) in [6, 6.07) is 7.64. The second kappa shape index (κ2) is 7.82. The molecule has 0 aliphatic carbocycles. The monoisotopic (exact) mass is 377 g/mol. The van der Waals surface area contributed by atoms with Crippen molar-refractivity contribution in [2.24, 2.45) is 5.41 Å². The summed E-state index contributed by atoms with van der Waals surface area (Å²) in [5, 5.41) is 0.672. The van der Waals surface area contributed by atoms with Crippen molar-refractivity contribution in [3.63, 3.8) is 0 Å². The number of hydrogen-bond acceptors (Lipinski definition) is 2. The topological polar surface area (TPSA) is 18.5 Å². The lowest BCUT2D eigenvalue weighted by atomic mass is 9.85. The van der Waals surface area contributed by atoms with Crippen LogP contribution in [0.5, 0.6) is 5.75 Å². The molecule has 0 amide bonds. The lowest BCUT2D eigenvalue weighted by Crippen LogP contribution is -3.00. The number of benzene rings is 1. The molecule has 0 aromatic heterocycles. The fourth-order valence-corrected chi connectivity index (χ4v) is 2.85. The molecule has 1 saturated heterocycles. The maximum atomic E-state index is 6.14. The van der Waals surface area contributed by atoms with Crippen molar-refractivity contribution < 1.29 is 30.9 Å². The minimum Gasteiger partial charge on any atom is -1.00 e. The Morgan fingerprint density at radius 2 is 1.86 bits per heavy atom. The molecule has 0 N–H and O–H groups in total. The molecule has 120 valence electrons. The standard InChI is InChI=1S/C16H25ClNO2.BrH/c1-4-18(3,5-2)10-16(11-19-12-16)13-20-15-9-7-6-8-14(15)17;/h6-9H,4-5,10-13H2,1-3H3;1H/q+1;/p-1. The molecule has 1 fully saturated rings. The summed E-state index contributed by atoms with van der Waals surface area (Å²) in [4.78, 5) is 0. The summed E-state index contributed by atoms with van der Waals surface area (Å²) in [7, 11) is 2.30. The van der Waals surface area contributed by atoms with Crippen molar-refractivity contribution in [1.29, 1.82) is 0 Å². The van der Waals surface area contributed by atoms with Crippen LogP contribution in [0.4, 0.5) is 0 Å². The van der Waals surface area contributed by atoms with Crippen LogP contribution in [0.15, 0.2) is 24.3 Å². The zero-order valence-corrected chi connectivity index (χ0v) is 15.4. The number of nitrogens with zero attached hydrogens (tertiary/aromatic N) is 1. The smallest absolute Gasteiger partial charge is 0.137 e. The molecule has 0 unspecified atom stereocenters. The van der Waals surface area contributed by atoms with Crippen molar-refractivity contribution in [3.8, 4) is 5.75 Å². The van der Waals surface area contributed by atoms with E-state index in [9.17, 15) is 0 Å². The number of ether oxygens (including phenoxy) is 2. The fraction of sp³-hybridized carbons (Fsp3) is 0.625. The lowest BCUT2D eigenvalue weighted by molar-refractivity contribution is -0.914. The Hall–Kier alpha value is -0.290. The fourth-order valence-electron chi connectivity index (χ4n) is 2.66. The van der Waals surface area contributed by atoms with Crippen LogP contribution in [0.1, 0.15) is 13.8 Å². The van der Waals surface area contributed by atoms with Crippen LogP contribution in [0, 0.1) is 5.41 Å². The molecule has 0 radical (unpaired) electrons. The van der Waals surface area contributed by atoms with Crippen LogP contribution in [-0.2, 0) is 4.74 Å². The maximum Gasteiger partial charge on any atom is 0.137 e. The molecule has 3 nitrogen and oxygen atoms in total. The first kappa shape index (κ1) is 18.8. The van der Waals surface area contributed by atoms with Crippen LogP contribution in [-0.4, -0.2) is 51.0 Å². The quantitative estimate of drug-likeness (QED) is 0.632. The molecule has 1 aromatic carbocycles. The van der Waals surface area contributed by atoms with Crippen molar-refractivity contribution in [2.45, 2.75) is 13.8 Å². The third-order valence-electron chi connectivity index (χ3n) is 4.43. The van der Waals surface area contributed by atoms with Gasteiger partial charge in [0.1, 0.15) is 12.4 Å². The average molecular weight is 379 g/mol. The van der Waals surface area contributed by atoms with Gasteiger partial charge in [-0.05, 0) is 26.0 Å². The van der Waals surface area contributed by atoms with Gasteiger partial charge in [0.2, 0.25) is 0 Å². The molecule has 1 heterocycles. The van der Waals surface area contributed by atoms with Crippen LogP contribution >= 0.6 is 11.6 Å². The first-order chi connectivity index (χ1) is 9.52. The summed E-state index contributed by atoms with van der Waals surface area (Å²) >= 11 is 6.14. The van der Waals surface area contributed by atoms with E-state index in [-0.39, 0.29) is 22.4 Å². The van der Waals surface area contributed by atoms with Crippen molar-refractivity contribution in [3.05, 3.63) is 29.3 Å². The first-order valence-electron chi connectivity index (χ1n) is 7.31. The normalized spacial score (nSPS) is 16.8. The molecular formula is C16H25BrClNO2. The molecule has 0 spiro atoms.